The SMILES string of the molecule is CC(C)(C)C(OCC[Si](C)(C)C)(OC(N)=O)C1=N[C@](C)(c2cccc(F)c2F)[C@@H]2C[C@]2(C(F)F)S1. The van der Waals surface area contributed by atoms with Crippen LogP contribution in [0.4, 0.5) is 22.4 Å². The molecule has 35 heavy (non-hydrogen) atoms. The number of halogens is 4. The molecule has 1 saturated carbocycles. The number of nitrogens with two attached hydrogens (primary N) is 1. The Balaban J connectivity index is 2.23. The van der Waals surface area contributed by atoms with Gasteiger partial charge in [0.15, 0.2) is 11.6 Å². The van der Waals surface area contributed by atoms with E-state index in [2.05, 4.69) is 19.6 Å². The second kappa shape index (κ2) is 9.06. The minimum Gasteiger partial charge on any atom is -0.410 e. The minimum atomic E-state index is -2.79. The summed E-state index contributed by atoms with van der Waals surface area (Å²) in [5.41, 5.74) is 2.79. The van der Waals surface area contributed by atoms with Gasteiger partial charge in [0.25, 0.3) is 12.2 Å². The second-order valence-corrected chi connectivity index (χ2v) is 18.7. The molecule has 5 nitrogen and oxygen atoms in total. The predicted molar refractivity (Wildman–Crippen MR) is 133 cm³/mol. The summed E-state index contributed by atoms with van der Waals surface area (Å²) in [7, 11) is -1.59. The van der Waals surface area contributed by atoms with Crippen LogP contribution in [-0.2, 0) is 15.0 Å². The van der Waals surface area contributed by atoms with Crippen LogP contribution in [0.1, 0.15) is 39.7 Å². The van der Waals surface area contributed by atoms with E-state index in [0.717, 1.165) is 17.8 Å². The normalized spacial score (nSPS) is 28.2. The summed E-state index contributed by atoms with van der Waals surface area (Å²) in [5.74, 6) is -4.89. The Bertz CT molecular complexity index is 1030. The lowest BCUT2D eigenvalue weighted by atomic mass is 9.83. The van der Waals surface area contributed by atoms with Crippen molar-refractivity contribution in [3.05, 3.63) is 35.4 Å². The number of aliphatic imine (C=N–C) groups is 1. The maximum absolute atomic E-state index is 15.0. The number of carbonyl (C=O) groups excluding carboxylic acids is 1. The van der Waals surface area contributed by atoms with Crippen molar-refractivity contribution in [1.82, 2.24) is 0 Å². The van der Waals surface area contributed by atoms with Crippen molar-refractivity contribution in [2.75, 3.05) is 6.61 Å². The molecule has 196 valence electrons. The number of nitrogens with zero attached hydrogens (tertiary/aromatic N) is 1. The highest BCUT2D eigenvalue weighted by molar-refractivity contribution is 8.15. The fourth-order valence-electron chi connectivity index (χ4n) is 4.58. The third-order valence-electron chi connectivity index (χ3n) is 6.79. The van der Waals surface area contributed by atoms with Gasteiger partial charge >= 0.3 is 6.09 Å². The number of alkyl halides is 2. The predicted octanol–water partition coefficient (Wildman–Crippen LogP) is 6.54. The molecule has 0 saturated heterocycles. The molecule has 0 bridgehead atoms. The van der Waals surface area contributed by atoms with E-state index in [4.69, 9.17) is 20.2 Å². The fraction of sp³-hybridized carbons (Fsp3) is 0.667. The molecular formula is C24H34F4N2O3SSi. The minimum absolute atomic E-state index is 0.0282. The van der Waals surface area contributed by atoms with Gasteiger partial charge in [-0.1, -0.05) is 64.3 Å². The van der Waals surface area contributed by atoms with Crippen LogP contribution < -0.4 is 5.73 Å². The lowest BCUT2D eigenvalue weighted by Crippen LogP contribution is -2.58. The number of rotatable bonds is 8. The van der Waals surface area contributed by atoms with Gasteiger partial charge in [-0.2, -0.15) is 0 Å². The number of benzene rings is 1. The largest absolute Gasteiger partial charge is 0.410 e. The summed E-state index contributed by atoms with van der Waals surface area (Å²) < 4.78 is 68.4. The highest BCUT2D eigenvalue weighted by atomic mass is 32.2. The van der Waals surface area contributed by atoms with Crippen LogP contribution >= 0.6 is 11.8 Å². The van der Waals surface area contributed by atoms with Crippen molar-refractivity contribution >= 4 is 31.0 Å². The Hall–Kier alpha value is -1.59. The summed E-state index contributed by atoms with van der Waals surface area (Å²) in [6.07, 6.45) is -3.91. The van der Waals surface area contributed by atoms with Gasteiger partial charge < -0.3 is 15.2 Å². The molecular weight excluding hydrogens is 500 g/mol. The molecule has 0 radical (unpaired) electrons. The topological polar surface area (TPSA) is 73.9 Å². The lowest BCUT2D eigenvalue weighted by Gasteiger charge is -2.46. The zero-order valence-electron chi connectivity index (χ0n) is 21.2. The monoisotopic (exact) mass is 534 g/mol. The molecule has 1 amide bonds. The average Bonchev–Trinajstić information content (AvgIpc) is 3.44. The quantitative estimate of drug-likeness (QED) is 0.233. The Morgan fingerprint density at radius 3 is 2.43 bits per heavy atom. The first kappa shape index (κ1) is 28.0. The molecule has 4 atom stereocenters. The standard InChI is InChI=1S/C24H34F4N2O3SSi/c1-21(2,3)24(33-20(29)31,32-11-12-35(5,6)7)19-30-22(4,14-9-8-10-15(25)17(14)26)16-13-23(16,34-19)18(27)28/h8-10,16,18H,11-13H2,1-7H3,(H2,29,31)/t16-,22+,23-,24?/m0/s1. The first-order chi connectivity index (χ1) is 15.9. The number of thioether (sulfide) groups is 1. The Morgan fingerprint density at radius 2 is 1.91 bits per heavy atom. The van der Waals surface area contributed by atoms with Crippen LogP contribution in [0, 0.1) is 23.0 Å². The van der Waals surface area contributed by atoms with E-state index in [-0.39, 0.29) is 23.6 Å². The van der Waals surface area contributed by atoms with E-state index in [1.54, 1.807) is 20.8 Å². The number of hydrogen-bond donors (Lipinski definition) is 1. The summed E-state index contributed by atoms with van der Waals surface area (Å²) in [6, 6.07) is 4.34. The molecule has 1 aliphatic carbocycles. The molecule has 1 heterocycles. The molecule has 1 aliphatic heterocycles. The number of ether oxygens (including phenoxy) is 2. The number of fused-ring (bicyclic) bond motifs is 1. The first-order valence-corrected chi connectivity index (χ1v) is 16.1. The zero-order chi connectivity index (χ0) is 26.6. The molecule has 0 spiro atoms. The highest BCUT2D eigenvalue weighted by Crippen LogP contribution is 2.70. The molecule has 1 unspecified atom stereocenters. The van der Waals surface area contributed by atoms with Crippen molar-refractivity contribution in [2.45, 2.75) is 82.3 Å². The molecule has 2 N–H and O–H groups in total. The Kier molecular flexibility index (Phi) is 7.24. The third kappa shape index (κ3) is 5.00. The van der Waals surface area contributed by atoms with Crippen molar-refractivity contribution in [3.63, 3.8) is 0 Å². The summed E-state index contributed by atoms with van der Waals surface area (Å²) in [6.45, 7) is 13.3. The van der Waals surface area contributed by atoms with Crippen LogP contribution in [-0.4, -0.2) is 42.8 Å². The van der Waals surface area contributed by atoms with Crippen molar-refractivity contribution in [2.24, 2.45) is 22.1 Å². The van der Waals surface area contributed by atoms with E-state index in [1.807, 2.05) is 0 Å². The molecule has 1 fully saturated rings. The zero-order valence-corrected chi connectivity index (χ0v) is 23.0. The van der Waals surface area contributed by atoms with Gasteiger partial charge in [-0.05, 0) is 25.5 Å². The van der Waals surface area contributed by atoms with Crippen molar-refractivity contribution in [1.29, 1.82) is 0 Å². The Morgan fingerprint density at radius 1 is 1.29 bits per heavy atom. The van der Waals surface area contributed by atoms with Gasteiger partial charge in [0.1, 0.15) is 5.04 Å². The third-order valence-corrected chi connectivity index (χ3v) is 10.1. The van der Waals surface area contributed by atoms with Gasteiger partial charge in [0, 0.05) is 31.6 Å². The molecule has 1 aromatic rings. The van der Waals surface area contributed by atoms with Crippen LogP contribution in [0.2, 0.25) is 25.7 Å². The van der Waals surface area contributed by atoms with Crippen LogP contribution in [0.5, 0.6) is 0 Å². The van der Waals surface area contributed by atoms with Crippen LogP contribution in [0.25, 0.3) is 0 Å². The molecule has 11 heteroatoms. The smallest absolute Gasteiger partial charge is 0.407 e. The number of amides is 1. The van der Waals surface area contributed by atoms with E-state index in [1.165, 1.54) is 19.1 Å². The van der Waals surface area contributed by atoms with Gasteiger partial charge in [-0.3, -0.25) is 4.99 Å². The van der Waals surface area contributed by atoms with Crippen LogP contribution in [0.15, 0.2) is 23.2 Å². The van der Waals surface area contributed by atoms with E-state index in [9.17, 15) is 22.4 Å². The maximum atomic E-state index is 15.0. The lowest BCUT2D eigenvalue weighted by molar-refractivity contribution is -0.203. The Labute approximate surface area is 209 Å². The molecule has 0 aromatic heterocycles. The van der Waals surface area contributed by atoms with Crippen LogP contribution in [0.3, 0.4) is 0 Å². The van der Waals surface area contributed by atoms with Crippen molar-refractivity contribution in [3.8, 4) is 0 Å². The number of primary amides is 1. The van der Waals surface area contributed by atoms with Crippen molar-refractivity contribution < 1.29 is 31.8 Å². The fourth-order valence-corrected chi connectivity index (χ4v) is 7.14. The number of carbonyl (C=O) groups is 1. The van der Waals surface area contributed by atoms with Gasteiger partial charge in [0.05, 0.1) is 10.3 Å². The van der Waals surface area contributed by atoms with Gasteiger partial charge in [-0.15, -0.1) is 0 Å². The number of hydrogen-bond acceptors (Lipinski definition) is 5. The highest BCUT2D eigenvalue weighted by Gasteiger charge is 2.73. The van der Waals surface area contributed by atoms with E-state index >= 15 is 0 Å². The molecule has 2 aliphatic rings. The average molecular weight is 535 g/mol. The van der Waals surface area contributed by atoms with Gasteiger partial charge in [0.2, 0.25) is 0 Å². The van der Waals surface area contributed by atoms with Gasteiger partial charge in [-0.25, -0.2) is 22.4 Å². The summed E-state index contributed by atoms with van der Waals surface area (Å²) in [4.78, 5) is 16.8. The van der Waals surface area contributed by atoms with E-state index < -0.39 is 59.6 Å². The second-order valence-electron chi connectivity index (χ2n) is 11.7. The molecule has 1 aromatic carbocycles. The maximum Gasteiger partial charge on any atom is 0.407 e. The summed E-state index contributed by atoms with van der Waals surface area (Å²) >= 11 is 0.794. The summed E-state index contributed by atoms with van der Waals surface area (Å²) in [5, 5.41) is -0.0282. The van der Waals surface area contributed by atoms with E-state index in [0.29, 0.717) is 6.04 Å². The first-order valence-electron chi connectivity index (χ1n) is 11.5. The molecule has 3 rings (SSSR count).